The van der Waals surface area contributed by atoms with Gasteiger partial charge in [-0.15, -0.1) is 11.3 Å². The van der Waals surface area contributed by atoms with Crippen LogP contribution in [0.25, 0.3) is 16.8 Å². The Bertz CT molecular complexity index is 845. The van der Waals surface area contributed by atoms with Gasteiger partial charge in [0.2, 0.25) is 5.78 Å². The molecule has 1 aliphatic heterocycles. The molecule has 0 spiro atoms. The van der Waals surface area contributed by atoms with E-state index >= 15 is 0 Å². The predicted octanol–water partition coefficient (Wildman–Crippen LogP) is 5.23. The number of hydrogen-bond donors (Lipinski definition) is 0. The smallest absolute Gasteiger partial charge is 0.201 e. The first-order valence-corrected chi connectivity index (χ1v) is 8.02. The maximum Gasteiger partial charge on any atom is 0.201 e. The van der Waals surface area contributed by atoms with E-state index in [1.54, 1.807) is 23.1 Å². The number of hydrogen-bond acceptors (Lipinski definition) is 3. The molecule has 2 heterocycles. The van der Waals surface area contributed by atoms with E-state index in [1.165, 1.54) is 0 Å². The van der Waals surface area contributed by atoms with Crippen molar-refractivity contribution in [3.8, 4) is 0 Å². The summed E-state index contributed by atoms with van der Waals surface area (Å²) < 4.78 is 0. The van der Waals surface area contributed by atoms with Crippen molar-refractivity contribution in [1.82, 2.24) is 0 Å². The van der Waals surface area contributed by atoms with Crippen LogP contribution in [0.15, 0.2) is 63.7 Å². The summed E-state index contributed by atoms with van der Waals surface area (Å²) in [5.41, 5.74) is 0.857. The molecule has 96 valence electrons. The molecular weight excluding hydrogens is 284 g/mol. The first kappa shape index (κ1) is 11.9. The fourth-order valence-electron chi connectivity index (χ4n) is 2.46. The number of ketones is 1. The van der Waals surface area contributed by atoms with Crippen molar-refractivity contribution in [2.75, 3.05) is 0 Å². The van der Waals surface area contributed by atoms with Crippen LogP contribution in [0.2, 0.25) is 0 Å². The molecule has 0 atom stereocenters. The minimum atomic E-state index is 0.148. The van der Waals surface area contributed by atoms with Gasteiger partial charge in [0.1, 0.15) is 0 Å². The molecule has 0 saturated carbocycles. The van der Waals surface area contributed by atoms with Crippen molar-refractivity contribution in [3.05, 3.63) is 69.3 Å². The van der Waals surface area contributed by atoms with Crippen molar-refractivity contribution < 1.29 is 4.79 Å². The summed E-state index contributed by atoms with van der Waals surface area (Å²) in [6.45, 7) is 0. The molecule has 0 fully saturated rings. The summed E-state index contributed by atoms with van der Waals surface area (Å²) in [5.74, 6) is 0.148. The Morgan fingerprint density at radius 2 is 1.85 bits per heavy atom. The minimum absolute atomic E-state index is 0.148. The zero-order valence-electron chi connectivity index (χ0n) is 10.5. The number of thiophene rings is 1. The lowest BCUT2D eigenvalue weighted by Crippen LogP contribution is -1.95. The molecule has 4 rings (SSSR count). The first-order valence-electron chi connectivity index (χ1n) is 6.32. The number of thioether (sulfide) groups is 1. The van der Waals surface area contributed by atoms with Gasteiger partial charge in [-0.1, -0.05) is 48.2 Å². The van der Waals surface area contributed by atoms with Crippen molar-refractivity contribution in [1.29, 1.82) is 0 Å². The van der Waals surface area contributed by atoms with Gasteiger partial charge < -0.3 is 0 Å². The average molecular weight is 294 g/mol. The second-order valence-electron chi connectivity index (χ2n) is 4.62. The fraction of sp³-hybridized carbons (Fsp3) is 0. The summed E-state index contributed by atoms with van der Waals surface area (Å²) in [4.78, 5) is 15.7. The van der Waals surface area contributed by atoms with Crippen LogP contribution in [0.4, 0.5) is 0 Å². The lowest BCUT2D eigenvalue weighted by Gasteiger charge is -2.01. The predicted molar refractivity (Wildman–Crippen MR) is 86.4 cm³/mol. The van der Waals surface area contributed by atoms with Crippen LogP contribution in [-0.4, -0.2) is 5.78 Å². The number of benzene rings is 2. The van der Waals surface area contributed by atoms with Crippen LogP contribution in [0.3, 0.4) is 0 Å². The van der Waals surface area contributed by atoms with E-state index in [-0.39, 0.29) is 5.78 Å². The summed E-state index contributed by atoms with van der Waals surface area (Å²) in [6.07, 6.45) is 1.99. The van der Waals surface area contributed by atoms with Crippen LogP contribution in [0, 0.1) is 0 Å². The standard InChI is InChI=1S/C17H10OS2/c18-17-15(10-12-5-3-9-19-12)20-14-8-7-11-4-1-2-6-13(11)16(14)17/h1-10H/b15-10+. The number of allylic oxidation sites excluding steroid dienone is 1. The Hall–Kier alpha value is -1.84. The average Bonchev–Trinajstić information content (AvgIpc) is 3.08. The van der Waals surface area contributed by atoms with Gasteiger partial charge in [-0.2, -0.15) is 0 Å². The Morgan fingerprint density at radius 3 is 2.70 bits per heavy atom. The highest BCUT2D eigenvalue weighted by Gasteiger charge is 2.27. The Labute approximate surface area is 124 Å². The van der Waals surface area contributed by atoms with Crippen LogP contribution in [-0.2, 0) is 0 Å². The molecule has 1 aliphatic rings. The molecule has 1 nitrogen and oxygen atoms in total. The lowest BCUT2D eigenvalue weighted by atomic mass is 10.0. The summed E-state index contributed by atoms with van der Waals surface area (Å²) in [5, 5.41) is 4.20. The topological polar surface area (TPSA) is 17.1 Å². The molecule has 3 aromatic rings. The first-order chi connectivity index (χ1) is 9.83. The molecule has 1 aromatic heterocycles. The van der Waals surface area contributed by atoms with E-state index in [1.807, 2.05) is 41.8 Å². The van der Waals surface area contributed by atoms with Crippen molar-refractivity contribution in [2.24, 2.45) is 0 Å². The fourth-order valence-corrected chi connectivity index (χ4v) is 4.25. The molecule has 0 unspecified atom stereocenters. The Morgan fingerprint density at radius 1 is 0.950 bits per heavy atom. The van der Waals surface area contributed by atoms with Gasteiger partial charge in [0.25, 0.3) is 0 Å². The van der Waals surface area contributed by atoms with Crippen molar-refractivity contribution in [3.63, 3.8) is 0 Å². The maximum atomic E-state index is 12.7. The van der Waals surface area contributed by atoms with E-state index < -0.39 is 0 Å². The third-order valence-electron chi connectivity index (χ3n) is 3.38. The third kappa shape index (κ3) is 1.82. The van der Waals surface area contributed by atoms with Crippen LogP contribution in [0.1, 0.15) is 15.2 Å². The number of rotatable bonds is 1. The highest BCUT2D eigenvalue weighted by molar-refractivity contribution is 8.05. The minimum Gasteiger partial charge on any atom is -0.288 e. The summed E-state index contributed by atoms with van der Waals surface area (Å²) >= 11 is 3.23. The number of carbonyl (C=O) groups excluding carboxylic acids is 1. The second-order valence-corrected chi connectivity index (χ2v) is 6.68. The molecule has 0 aliphatic carbocycles. The van der Waals surface area contributed by atoms with Gasteiger partial charge in [-0.3, -0.25) is 4.79 Å². The monoisotopic (exact) mass is 294 g/mol. The van der Waals surface area contributed by atoms with Crippen molar-refractivity contribution in [2.45, 2.75) is 4.90 Å². The Balaban J connectivity index is 1.89. The molecule has 0 saturated heterocycles. The van der Waals surface area contributed by atoms with E-state index in [0.717, 1.165) is 31.0 Å². The van der Waals surface area contributed by atoms with Crippen LogP contribution in [0.5, 0.6) is 0 Å². The quantitative estimate of drug-likeness (QED) is 0.572. The normalized spacial score (nSPS) is 16.0. The molecule has 0 radical (unpaired) electrons. The molecule has 0 bridgehead atoms. The molecular formula is C17H10OS2. The number of fused-ring (bicyclic) bond motifs is 3. The van der Waals surface area contributed by atoms with Gasteiger partial charge in [0.15, 0.2) is 0 Å². The van der Waals surface area contributed by atoms with Gasteiger partial charge in [-0.25, -0.2) is 0 Å². The second kappa shape index (κ2) is 4.62. The van der Waals surface area contributed by atoms with E-state index in [4.69, 9.17) is 0 Å². The highest BCUT2D eigenvalue weighted by atomic mass is 32.2. The molecule has 3 heteroatoms. The number of Topliss-reactive ketones (excluding diaryl/α,β-unsaturated/α-hetero) is 1. The number of carbonyl (C=O) groups is 1. The molecule has 0 amide bonds. The Kier molecular flexibility index (Phi) is 2.76. The zero-order valence-corrected chi connectivity index (χ0v) is 12.1. The summed E-state index contributed by atoms with van der Waals surface area (Å²) in [7, 11) is 0. The van der Waals surface area contributed by atoms with Crippen LogP contribution >= 0.6 is 23.1 Å². The summed E-state index contributed by atoms with van der Waals surface area (Å²) in [6, 6.07) is 16.2. The van der Waals surface area contributed by atoms with E-state index in [9.17, 15) is 4.79 Å². The zero-order chi connectivity index (χ0) is 13.5. The maximum absolute atomic E-state index is 12.7. The van der Waals surface area contributed by atoms with E-state index in [2.05, 4.69) is 18.2 Å². The third-order valence-corrected chi connectivity index (χ3v) is 5.28. The van der Waals surface area contributed by atoms with E-state index in [0.29, 0.717) is 0 Å². The van der Waals surface area contributed by atoms with Crippen LogP contribution < -0.4 is 0 Å². The SMILES string of the molecule is O=C1/C(=C\c2cccs2)Sc2ccc3ccccc3c21. The molecule has 2 aromatic carbocycles. The molecule has 0 N–H and O–H groups in total. The van der Waals surface area contributed by atoms with Gasteiger partial charge >= 0.3 is 0 Å². The lowest BCUT2D eigenvalue weighted by molar-refractivity contribution is 0.104. The van der Waals surface area contributed by atoms with Gasteiger partial charge in [0.05, 0.1) is 4.91 Å². The largest absolute Gasteiger partial charge is 0.288 e. The highest BCUT2D eigenvalue weighted by Crippen LogP contribution is 2.44. The van der Waals surface area contributed by atoms with Gasteiger partial charge in [0, 0.05) is 15.3 Å². The van der Waals surface area contributed by atoms with Crippen molar-refractivity contribution >= 4 is 45.7 Å². The molecule has 20 heavy (non-hydrogen) atoms. The van der Waals surface area contributed by atoms with Gasteiger partial charge in [-0.05, 0) is 34.4 Å².